The first-order chi connectivity index (χ1) is 7.56. The Morgan fingerprint density at radius 3 is 2.81 bits per heavy atom. The van der Waals surface area contributed by atoms with Crippen molar-refractivity contribution in [2.24, 2.45) is 5.73 Å². The van der Waals surface area contributed by atoms with Crippen molar-refractivity contribution in [2.75, 3.05) is 13.6 Å². The molecule has 0 aromatic carbocycles. The van der Waals surface area contributed by atoms with Gasteiger partial charge in [0.2, 0.25) is 0 Å². The van der Waals surface area contributed by atoms with Crippen molar-refractivity contribution < 1.29 is 4.79 Å². The maximum Gasteiger partial charge on any atom is 0.263 e. The summed E-state index contributed by atoms with van der Waals surface area (Å²) in [5, 5.41) is 0. The number of carbonyl (C=O) groups excluding carboxylic acids is 1. The molecule has 16 heavy (non-hydrogen) atoms. The van der Waals surface area contributed by atoms with E-state index in [1.54, 1.807) is 11.9 Å². The standard InChI is InChI=1S/C12H16N2OS/c1-9(2)14(3)12(15)11-7-6-10(16-11)5-4-8-13/h6-7,9H,8,13H2,1-3H3. The lowest BCUT2D eigenvalue weighted by atomic mass is 10.3. The molecule has 1 rings (SSSR count). The molecular formula is C12H16N2OS. The second kappa shape index (κ2) is 5.69. The third-order valence-corrected chi connectivity index (χ3v) is 3.21. The molecular weight excluding hydrogens is 220 g/mol. The first-order valence-corrected chi connectivity index (χ1v) is 5.94. The quantitative estimate of drug-likeness (QED) is 0.792. The van der Waals surface area contributed by atoms with Crippen LogP contribution in [0.25, 0.3) is 0 Å². The van der Waals surface area contributed by atoms with Crippen molar-refractivity contribution in [3.8, 4) is 11.8 Å². The summed E-state index contributed by atoms with van der Waals surface area (Å²) in [6.45, 7) is 4.31. The van der Waals surface area contributed by atoms with Gasteiger partial charge in [0, 0.05) is 13.1 Å². The molecule has 0 fully saturated rings. The molecule has 0 saturated heterocycles. The first kappa shape index (κ1) is 12.8. The normalized spacial score (nSPS) is 9.81. The average Bonchev–Trinajstić information content (AvgIpc) is 2.72. The van der Waals surface area contributed by atoms with Crippen LogP contribution in [0.1, 0.15) is 28.4 Å². The van der Waals surface area contributed by atoms with Gasteiger partial charge in [-0.3, -0.25) is 4.79 Å². The number of carbonyl (C=O) groups is 1. The van der Waals surface area contributed by atoms with E-state index in [0.717, 1.165) is 9.75 Å². The van der Waals surface area contributed by atoms with E-state index in [1.165, 1.54) is 11.3 Å². The van der Waals surface area contributed by atoms with Gasteiger partial charge in [-0.05, 0) is 26.0 Å². The van der Waals surface area contributed by atoms with Crippen LogP contribution in [-0.4, -0.2) is 30.4 Å². The predicted octanol–water partition coefficient (Wildman–Crippen LogP) is 1.54. The summed E-state index contributed by atoms with van der Waals surface area (Å²) < 4.78 is 0. The monoisotopic (exact) mass is 236 g/mol. The van der Waals surface area contributed by atoms with Crippen LogP contribution < -0.4 is 5.73 Å². The number of nitrogens with two attached hydrogens (primary N) is 1. The Kier molecular flexibility index (Phi) is 4.53. The molecule has 0 unspecified atom stereocenters. The summed E-state index contributed by atoms with van der Waals surface area (Å²) in [4.78, 5) is 15.3. The largest absolute Gasteiger partial charge is 0.339 e. The van der Waals surface area contributed by atoms with Crippen molar-refractivity contribution in [3.05, 3.63) is 21.9 Å². The van der Waals surface area contributed by atoms with Crippen molar-refractivity contribution in [3.63, 3.8) is 0 Å². The highest BCUT2D eigenvalue weighted by Crippen LogP contribution is 2.17. The molecule has 1 aromatic rings. The van der Waals surface area contributed by atoms with Gasteiger partial charge in [0.15, 0.2) is 0 Å². The highest BCUT2D eigenvalue weighted by molar-refractivity contribution is 7.14. The van der Waals surface area contributed by atoms with Crippen LogP contribution in [0.2, 0.25) is 0 Å². The molecule has 0 atom stereocenters. The zero-order valence-electron chi connectivity index (χ0n) is 9.78. The second-order valence-corrected chi connectivity index (χ2v) is 4.76. The van der Waals surface area contributed by atoms with E-state index in [4.69, 9.17) is 5.73 Å². The molecule has 4 heteroatoms. The number of amides is 1. The lowest BCUT2D eigenvalue weighted by molar-refractivity contribution is 0.0760. The first-order valence-electron chi connectivity index (χ1n) is 5.12. The Labute approximate surface area is 100 Å². The van der Waals surface area contributed by atoms with Gasteiger partial charge in [0.1, 0.15) is 0 Å². The minimum atomic E-state index is 0.0424. The van der Waals surface area contributed by atoms with Crippen molar-refractivity contribution in [1.82, 2.24) is 4.90 Å². The SMILES string of the molecule is CC(C)N(C)C(=O)c1ccc(C#CCN)s1. The summed E-state index contributed by atoms with van der Waals surface area (Å²) in [5.41, 5.74) is 5.29. The van der Waals surface area contributed by atoms with Crippen LogP contribution in [0.15, 0.2) is 12.1 Å². The summed E-state index contributed by atoms with van der Waals surface area (Å²) in [6.07, 6.45) is 0. The van der Waals surface area contributed by atoms with Gasteiger partial charge in [0.25, 0.3) is 5.91 Å². The molecule has 0 aliphatic carbocycles. The van der Waals surface area contributed by atoms with Gasteiger partial charge < -0.3 is 10.6 Å². The molecule has 0 spiro atoms. The molecule has 1 heterocycles. The molecule has 86 valence electrons. The van der Waals surface area contributed by atoms with E-state index in [-0.39, 0.29) is 11.9 Å². The minimum Gasteiger partial charge on any atom is -0.339 e. The fraction of sp³-hybridized carbons (Fsp3) is 0.417. The van der Waals surface area contributed by atoms with E-state index < -0.39 is 0 Å². The van der Waals surface area contributed by atoms with E-state index in [0.29, 0.717) is 6.54 Å². The van der Waals surface area contributed by atoms with Gasteiger partial charge in [-0.1, -0.05) is 11.8 Å². The average molecular weight is 236 g/mol. The smallest absolute Gasteiger partial charge is 0.263 e. The third kappa shape index (κ3) is 3.09. The van der Waals surface area contributed by atoms with Crippen molar-refractivity contribution in [1.29, 1.82) is 0 Å². The van der Waals surface area contributed by atoms with Crippen molar-refractivity contribution >= 4 is 17.2 Å². The third-order valence-electron chi connectivity index (χ3n) is 2.23. The topological polar surface area (TPSA) is 46.3 Å². The maximum absolute atomic E-state index is 11.9. The van der Waals surface area contributed by atoms with E-state index >= 15 is 0 Å². The number of hydrogen-bond acceptors (Lipinski definition) is 3. The van der Waals surface area contributed by atoms with E-state index in [1.807, 2.05) is 26.0 Å². The number of hydrogen-bond donors (Lipinski definition) is 1. The molecule has 1 aromatic heterocycles. The highest BCUT2D eigenvalue weighted by Gasteiger charge is 2.15. The van der Waals surface area contributed by atoms with Crippen LogP contribution in [0.5, 0.6) is 0 Å². The second-order valence-electron chi connectivity index (χ2n) is 3.68. The summed E-state index contributed by atoms with van der Waals surface area (Å²) in [6, 6.07) is 3.87. The molecule has 0 aliphatic rings. The maximum atomic E-state index is 11.9. The molecule has 1 amide bonds. The van der Waals surface area contributed by atoms with Crippen LogP contribution in [0, 0.1) is 11.8 Å². The van der Waals surface area contributed by atoms with E-state index in [2.05, 4.69) is 11.8 Å². The molecule has 3 nitrogen and oxygen atoms in total. The number of rotatable bonds is 2. The van der Waals surface area contributed by atoms with Gasteiger partial charge in [-0.2, -0.15) is 0 Å². The zero-order chi connectivity index (χ0) is 12.1. The van der Waals surface area contributed by atoms with Gasteiger partial charge in [-0.15, -0.1) is 11.3 Å². The van der Waals surface area contributed by atoms with Crippen LogP contribution in [0.4, 0.5) is 0 Å². The summed E-state index contributed by atoms with van der Waals surface area (Å²) in [7, 11) is 1.80. The summed E-state index contributed by atoms with van der Waals surface area (Å²) >= 11 is 1.41. The lowest BCUT2D eigenvalue weighted by Gasteiger charge is -2.20. The Bertz CT molecular complexity index is 426. The fourth-order valence-electron chi connectivity index (χ4n) is 1.07. The Balaban J connectivity index is 2.82. The zero-order valence-corrected chi connectivity index (χ0v) is 10.6. The van der Waals surface area contributed by atoms with Crippen LogP contribution in [-0.2, 0) is 0 Å². The van der Waals surface area contributed by atoms with Crippen molar-refractivity contribution in [2.45, 2.75) is 19.9 Å². The molecule has 0 saturated carbocycles. The van der Waals surface area contributed by atoms with E-state index in [9.17, 15) is 4.79 Å². The molecule has 2 N–H and O–H groups in total. The van der Waals surface area contributed by atoms with Gasteiger partial charge in [0.05, 0.1) is 16.3 Å². The van der Waals surface area contributed by atoms with Gasteiger partial charge in [-0.25, -0.2) is 0 Å². The molecule has 0 aliphatic heterocycles. The lowest BCUT2D eigenvalue weighted by Crippen LogP contribution is -2.32. The van der Waals surface area contributed by atoms with Crippen LogP contribution in [0.3, 0.4) is 0 Å². The highest BCUT2D eigenvalue weighted by atomic mass is 32.1. The minimum absolute atomic E-state index is 0.0424. The Hall–Kier alpha value is -1.31. The predicted molar refractivity (Wildman–Crippen MR) is 67.5 cm³/mol. The fourth-order valence-corrected chi connectivity index (χ4v) is 1.93. The van der Waals surface area contributed by atoms with Gasteiger partial charge >= 0.3 is 0 Å². The molecule has 0 radical (unpaired) electrons. The van der Waals surface area contributed by atoms with Crippen LogP contribution >= 0.6 is 11.3 Å². The number of nitrogens with zero attached hydrogens (tertiary/aromatic N) is 1. The molecule has 0 bridgehead atoms. The summed E-state index contributed by atoms with van der Waals surface area (Å²) in [5.74, 6) is 5.74. The Morgan fingerprint density at radius 1 is 1.56 bits per heavy atom. The number of thiophene rings is 1. The Morgan fingerprint density at radius 2 is 2.25 bits per heavy atom.